The third kappa shape index (κ3) is 2.77. The quantitative estimate of drug-likeness (QED) is 0.697. The zero-order chi connectivity index (χ0) is 14.9. The summed E-state index contributed by atoms with van der Waals surface area (Å²) >= 11 is 6.09. The van der Waals surface area contributed by atoms with Gasteiger partial charge in [0.25, 0.3) is 0 Å². The second-order valence-electron chi connectivity index (χ2n) is 4.63. The summed E-state index contributed by atoms with van der Waals surface area (Å²) in [5, 5.41) is 4.64. The van der Waals surface area contributed by atoms with Crippen LogP contribution in [-0.4, -0.2) is 15.7 Å². The van der Waals surface area contributed by atoms with Crippen LogP contribution in [0.15, 0.2) is 18.2 Å². The monoisotopic (exact) mass is 293 g/mol. The van der Waals surface area contributed by atoms with Crippen LogP contribution >= 0.6 is 11.6 Å². The first-order valence-corrected chi connectivity index (χ1v) is 6.49. The Labute approximate surface area is 122 Å². The van der Waals surface area contributed by atoms with E-state index in [2.05, 4.69) is 5.10 Å². The lowest BCUT2D eigenvalue weighted by atomic mass is 10.1. The van der Waals surface area contributed by atoms with E-state index in [0.29, 0.717) is 16.4 Å². The van der Waals surface area contributed by atoms with Crippen LogP contribution in [0, 0.1) is 13.8 Å². The molecule has 0 amide bonds. The Balaban J connectivity index is 2.12. The van der Waals surface area contributed by atoms with Crippen molar-refractivity contribution in [2.24, 2.45) is 7.05 Å². The van der Waals surface area contributed by atoms with E-state index in [4.69, 9.17) is 22.1 Å². The number of anilines is 1. The van der Waals surface area contributed by atoms with Crippen molar-refractivity contribution in [1.82, 2.24) is 9.78 Å². The number of hydrogen-bond donors (Lipinski definition) is 1. The van der Waals surface area contributed by atoms with E-state index in [1.54, 1.807) is 29.9 Å². The van der Waals surface area contributed by atoms with Crippen molar-refractivity contribution in [1.29, 1.82) is 0 Å². The molecule has 1 aromatic heterocycles. The third-order valence-corrected chi connectivity index (χ3v) is 3.56. The maximum absolute atomic E-state index is 12.0. The van der Waals surface area contributed by atoms with Crippen molar-refractivity contribution in [3.63, 3.8) is 0 Å². The molecule has 1 heterocycles. The van der Waals surface area contributed by atoms with Crippen LogP contribution in [-0.2, 0) is 18.4 Å². The lowest BCUT2D eigenvalue weighted by molar-refractivity contribution is 0.0471. The molecule has 2 N–H and O–H groups in total. The zero-order valence-electron chi connectivity index (χ0n) is 11.6. The van der Waals surface area contributed by atoms with Crippen LogP contribution in [0.4, 0.5) is 5.69 Å². The maximum Gasteiger partial charge on any atom is 0.338 e. The number of halogens is 1. The van der Waals surface area contributed by atoms with E-state index >= 15 is 0 Å². The van der Waals surface area contributed by atoms with Crippen LogP contribution in [0.25, 0.3) is 0 Å². The average molecular weight is 294 g/mol. The molecule has 0 fully saturated rings. The van der Waals surface area contributed by atoms with Gasteiger partial charge >= 0.3 is 5.97 Å². The number of nitrogens with zero attached hydrogens (tertiary/aromatic N) is 2. The molecule has 6 heteroatoms. The normalized spacial score (nSPS) is 10.6. The topological polar surface area (TPSA) is 70.1 Å². The first-order valence-electron chi connectivity index (χ1n) is 6.11. The van der Waals surface area contributed by atoms with Crippen LogP contribution in [0.3, 0.4) is 0 Å². The number of aromatic nitrogens is 2. The van der Waals surface area contributed by atoms with Crippen molar-refractivity contribution in [3.8, 4) is 0 Å². The highest BCUT2D eigenvalue weighted by atomic mass is 35.5. The van der Waals surface area contributed by atoms with Crippen LogP contribution in [0.2, 0.25) is 5.15 Å². The summed E-state index contributed by atoms with van der Waals surface area (Å²) in [5.41, 5.74) is 9.02. The summed E-state index contributed by atoms with van der Waals surface area (Å²) in [6.07, 6.45) is 0. The van der Waals surface area contributed by atoms with Gasteiger partial charge in [0.15, 0.2) is 0 Å². The summed E-state index contributed by atoms with van der Waals surface area (Å²) in [7, 11) is 1.74. The molecule has 0 aliphatic heterocycles. The Bertz CT molecular complexity index is 665. The van der Waals surface area contributed by atoms with E-state index in [1.165, 1.54) is 0 Å². The van der Waals surface area contributed by atoms with E-state index < -0.39 is 5.97 Å². The number of rotatable bonds is 3. The molecule has 20 heavy (non-hydrogen) atoms. The predicted octanol–water partition coefficient (Wildman–Crippen LogP) is 2.63. The maximum atomic E-state index is 12.0. The SMILES string of the molecule is Cc1cc(N)ccc1C(=O)OCc1c(C)nn(C)c1Cl. The van der Waals surface area contributed by atoms with Crippen molar-refractivity contribution in [2.75, 3.05) is 5.73 Å². The molecule has 0 atom stereocenters. The molecule has 106 valence electrons. The molecule has 0 unspecified atom stereocenters. The Morgan fingerprint density at radius 3 is 2.70 bits per heavy atom. The molecule has 0 saturated heterocycles. The Kier molecular flexibility index (Phi) is 3.99. The van der Waals surface area contributed by atoms with E-state index in [0.717, 1.165) is 16.8 Å². The summed E-state index contributed by atoms with van der Waals surface area (Å²) < 4.78 is 6.84. The molecular weight excluding hydrogens is 278 g/mol. The van der Waals surface area contributed by atoms with Crippen molar-refractivity contribution >= 4 is 23.3 Å². The highest BCUT2D eigenvalue weighted by molar-refractivity contribution is 6.30. The van der Waals surface area contributed by atoms with Gasteiger partial charge in [-0.3, -0.25) is 4.68 Å². The van der Waals surface area contributed by atoms with Gasteiger partial charge in [-0.1, -0.05) is 11.6 Å². The summed E-state index contributed by atoms with van der Waals surface area (Å²) in [5.74, 6) is -0.401. The minimum Gasteiger partial charge on any atom is -0.457 e. The number of benzene rings is 1. The Morgan fingerprint density at radius 1 is 1.45 bits per heavy atom. The highest BCUT2D eigenvalue weighted by Gasteiger charge is 2.15. The van der Waals surface area contributed by atoms with Gasteiger partial charge in [-0.05, 0) is 37.6 Å². The van der Waals surface area contributed by atoms with Crippen LogP contribution < -0.4 is 5.73 Å². The molecule has 0 aliphatic rings. The lowest BCUT2D eigenvalue weighted by Crippen LogP contribution is -2.08. The molecule has 0 radical (unpaired) electrons. The van der Waals surface area contributed by atoms with Gasteiger partial charge in [-0.2, -0.15) is 5.10 Å². The standard InChI is InChI=1S/C14H16ClN3O2/c1-8-6-10(16)4-5-11(8)14(19)20-7-12-9(2)17-18(3)13(12)15/h4-6H,7,16H2,1-3H3. The molecule has 1 aromatic carbocycles. The summed E-state index contributed by atoms with van der Waals surface area (Å²) in [6, 6.07) is 5.06. The van der Waals surface area contributed by atoms with Crippen molar-refractivity contribution in [2.45, 2.75) is 20.5 Å². The first kappa shape index (κ1) is 14.4. The predicted molar refractivity (Wildman–Crippen MR) is 77.7 cm³/mol. The van der Waals surface area contributed by atoms with Gasteiger partial charge in [0.1, 0.15) is 11.8 Å². The Morgan fingerprint density at radius 2 is 2.15 bits per heavy atom. The summed E-state index contributed by atoms with van der Waals surface area (Å²) in [4.78, 5) is 12.0. The molecule has 0 bridgehead atoms. The molecule has 2 rings (SSSR count). The van der Waals surface area contributed by atoms with Crippen LogP contribution in [0.1, 0.15) is 27.2 Å². The lowest BCUT2D eigenvalue weighted by Gasteiger charge is -2.07. The minimum atomic E-state index is -0.401. The number of carbonyl (C=O) groups excluding carboxylic acids is 1. The highest BCUT2D eigenvalue weighted by Crippen LogP contribution is 2.20. The second kappa shape index (κ2) is 5.54. The third-order valence-electron chi connectivity index (χ3n) is 3.09. The van der Waals surface area contributed by atoms with Crippen LogP contribution in [0.5, 0.6) is 0 Å². The number of hydrogen-bond acceptors (Lipinski definition) is 4. The van der Waals surface area contributed by atoms with Gasteiger partial charge < -0.3 is 10.5 Å². The van der Waals surface area contributed by atoms with Gasteiger partial charge in [0.2, 0.25) is 0 Å². The number of esters is 1. The van der Waals surface area contributed by atoms with Crippen molar-refractivity contribution < 1.29 is 9.53 Å². The average Bonchev–Trinajstić information content (AvgIpc) is 2.61. The largest absolute Gasteiger partial charge is 0.457 e. The second-order valence-corrected chi connectivity index (χ2v) is 4.99. The number of nitrogen functional groups attached to an aromatic ring is 1. The molecule has 0 saturated carbocycles. The number of ether oxygens (including phenoxy) is 1. The van der Waals surface area contributed by atoms with Gasteiger partial charge in [-0.25, -0.2) is 4.79 Å². The number of nitrogens with two attached hydrogens (primary N) is 1. The molecule has 0 spiro atoms. The van der Waals surface area contributed by atoms with Gasteiger partial charge in [0.05, 0.1) is 11.3 Å². The molecule has 5 nitrogen and oxygen atoms in total. The van der Waals surface area contributed by atoms with E-state index in [9.17, 15) is 4.79 Å². The number of carbonyl (C=O) groups is 1. The fourth-order valence-corrected chi connectivity index (χ4v) is 2.20. The van der Waals surface area contributed by atoms with Crippen molar-refractivity contribution in [3.05, 3.63) is 45.7 Å². The smallest absolute Gasteiger partial charge is 0.338 e. The van der Waals surface area contributed by atoms with E-state index in [1.807, 2.05) is 13.8 Å². The Hall–Kier alpha value is -2.01. The minimum absolute atomic E-state index is 0.0984. The fraction of sp³-hybridized carbons (Fsp3) is 0.286. The summed E-state index contributed by atoms with van der Waals surface area (Å²) in [6.45, 7) is 3.74. The van der Waals surface area contributed by atoms with E-state index in [-0.39, 0.29) is 6.61 Å². The first-order chi connectivity index (χ1) is 9.40. The van der Waals surface area contributed by atoms with Gasteiger partial charge in [-0.15, -0.1) is 0 Å². The number of aryl methyl sites for hydroxylation is 3. The molecular formula is C14H16ClN3O2. The molecule has 2 aromatic rings. The fourth-order valence-electron chi connectivity index (χ4n) is 1.97. The zero-order valence-corrected chi connectivity index (χ0v) is 12.4. The van der Waals surface area contributed by atoms with Gasteiger partial charge in [0, 0.05) is 18.3 Å². The molecule has 0 aliphatic carbocycles.